The van der Waals surface area contributed by atoms with Crippen molar-refractivity contribution >= 4 is 5.97 Å². The number of carboxylic acids is 1. The summed E-state index contributed by atoms with van der Waals surface area (Å²) >= 11 is 0. The van der Waals surface area contributed by atoms with Gasteiger partial charge in [-0.15, -0.1) is 0 Å². The van der Waals surface area contributed by atoms with Crippen LogP contribution in [0.2, 0.25) is 0 Å². The van der Waals surface area contributed by atoms with Gasteiger partial charge in [0.05, 0.1) is 5.92 Å². The summed E-state index contributed by atoms with van der Waals surface area (Å²) in [6.45, 7) is 8.60. The summed E-state index contributed by atoms with van der Waals surface area (Å²) in [5.74, 6) is 3.33. The van der Waals surface area contributed by atoms with Gasteiger partial charge in [-0.25, -0.2) is 0 Å². The smallest absolute Gasteiger partial charge is 0.307 e. The van der Waals surface area contributed by atoms with Gasteiger partial charge in [0, 0.05) is 66.2 Å². The fourth-order valence-corrected chi connectivity index (χ4v) is 10.4. The van der Waals surface area contributed by atoms with Crippen LogP contribution in [0.3, 0.4) is 0 Å². The molecule has 8 nitrogen and oxygen atoms in total. The average molecular weight is 506 g/mol. The molecule has 3 aliphatic carbocycles. The highest BCUT2D eigenvalue weighted by Crippen LogP contribution is 2.72. The number of carbonyl (C=O) groups is 1. The maximum atomic E-state index is 12.5. The quantitative estimate of drug-likeness (QED) is 0.264. The lowest BCUT2D eigenvalue weighted by Crippen LogP contribution is -2.34. The zero-order valence-electron chi connectivity index (χ0n) is 22.4. The standard InChI is InChI=1S/C28H47N3O5/c1-34-11-22-19-8-29-14-26(19,22)7-17(27-15-30-9-20(27)23(27)12-35-2)5-4-6-18(25(32)33)28-16-31-10-21(28)24(28)13-36-3/h17-24,29-31H,4-16H2,1-3H3,(H,32,33). The Morgan fingerprint density at radius 3 is 2.03 bits per heavy atom. The topological polar surface area (TPSA) is 101 Å². The third-order valence-electron chi connectivity index (χ3n) is 12.2. The predicted molar refractivity (Wildman–Crippen MR) is 136 cm³/mol. The van der Waals surface area contributed by atoms with Gasteiger partial charge in [-0.05, 0) is 91.2 Å². The van der Waals surface area contributed by atoms with E-state index in [1.807, 2.05) is 14.2 Å². The Labute approximate surface area is 216 Å². The Hall–Kier alpha value is -0.770. The number of fused-ring (bicyclic) bond motifs is 3. The molecule has 4 N–H and O–H groups in total. The molecular formula is C28H47N3O5. The predicted octanol–water partition coefficient (Wildman–Crippen LogP) is 1.31. The van der Waals surface area contributed by atoms with Gasteiger partial charge in [0.1, 0.15) is 0 Å². The molecule has 0 aromatic rings. The summed E-state index contributed by atoms with van der Waals surface area (Å²) in [7, 11) is 5.42. The monoisotopic (exact) mass is 505 g/mol. The summed E-state index contributed by atoms with van der Waals surface area (Å²) in [6, 6.07) is 0. The zero-order chi connectivity index (χ0) is 25.1. The number of rotatable bonds is 15. The zero-order valence-corrected chi connectivity index (χ0v) is 22.4. The lowest BCUT2D eigenvalue weighted by atomic mass is 9.74. The molecule has 0 aromatic heterocycles. The summed E-state index contributed by atoms with van der Waals surface area (Å²) in [5.41, 5.74) is 0.587. The molecule has 3 saturated carbocycles. The van der Waals surface area contributed by atoms with Gasteiger partial charge in [-0.1, -0.05) is 6.42 Å². The third-order valence-corrected chi connectivity index (χ3v) is 12.2. The normalized spacial score (nSPS) is 47.2. The van der Waals surface area contributed by atoms with Crippen LogP contribution in [-0.2, 0) is 19.0 Å². The molecule has 11 unspecified atom stereocenters. The number of methoxy groups -OCH3 is 3. The van der Waals surface area contributed by atoms with Crippen LogP contribution < -0.4 is 16.0 Å². The molecule has 0 bridgehead atoms. The Bertz CT molecular complexity index is 844. The van der Waals surface area contributed by atoms with Gasteiger partial charge in [0.15, 0.2) is 0 Å². The highest BCUT2D eigenvalue weighted by Gasteiger charge is 2.74. The fourth-order valence-electron chi connectivity index (χ4n) is 10.4. The van der Waals surface area contributed by atoms with Crippen molar-refractivity contribution in [3.8, 4) is 0 Å². The lowest BCUT2D eigenvalue weighted by molar-refractivity contribution is -0.145. The molecule has 0 radical (unpaired) electrons. The van der Waals surface area contributed by atoms with Crippen LogP contribution in [0, 0.1) is 63.6 Å². The maximum Gasteiger partial charge on any atom is 0.307 e. The molecule has 0 aromatic carbocycles. The van der Waals surface area contributed by atoms with E-state index in [0.717, 1.165) is 77.7 Å². The van der Waals surface area contributed by atoms with Crippen molar-refractivity contribution in [2.24, 2.45) is 63.6 Å². The first-order valence-electron chi connectivity index (χ1n) is 14.3. The summed E-state index contributed by atoms with van der Waals surface area (Å²) in [5, 5.41) is 21.2. The van der Waals surface area contributed by atoms with Crippen LogP contribution in [-0.4, -0.2) is 91.5 Å². The Balaban J connectivity index is 1.17. The highest BCUT2D eigenvalue weighted by atomic mass is 16.5. The van der Waals surface area contributed by atoms with E-state index in [1.165, 1.54) is 6.42 Å². The van der Waals surface area contributed by atoms with Crippen molar-refractivity contribution in [3.63, 3.8) is 0 Å². The van der Waals surface area contributed by atoms with Gasteiger partial charge < -0.3 is 35.3 Å². The second kappa shape index (κ2) is 9.45. The number of ether oxygens (including phenoxy) is 3. The van der Waals surface area contributed by atoms with Crippen molar-refractivity contribution in [1.82, 2.24) is 16.0 Å². The molecule has 11 atom stereocenters. The first kappa shape index (κ1) is 25.5. The van der Waals surface area contributed by atoms with E-state index in [1.54, 1.807) is 7.11 Å². The molecule has 36 heavy (non-hydrogen) atoms. The number of carboxylic acid groups (broad SMARTS) is 1. The fraction of sp³-hybridized carbons (Fsp3) is 0.964. The van der Waals surface area contributed by atoms with Gasteiger partial charge in [0.2, 0.25) is 0 Å². The minimum atomic E-state index is -0.609. The molecular weight excluding hydrogens is 458 g/mol. The number of aliphatic carboxylic acids is 1. The summed E-state index contributed by atoms with van der Waals surface area (Å²) in [6.07, 6.45) is 4.15. The van der Waals surface area contributed by atoms with Crippen molar-refractivity contribution in [1.29, 1.82) is 0 Å². The van der Waals surface area contributed by atoms with Gasteiger partial charge in [-0.2, -0.15) is 0 Å². The van der Waals surface area contributed by atoms with Crippen LogP contribution >= 0.6 is 0 Å². The molecule has 6 fully saturated rings. The Morgan fingerprint density at radius 1 is 0.806 bits per heavy atom. The van der Waals surface area contributed by atoms with E-state index in [0.29, 0.717) is 52.9 Å². The third kappa shape index (κ3) is 3.58. The van der Waals surface area contributed by atoms with Crippen molar-refractivity contribution < 1.29 is 24.1 Å². The Morgan fingerprint density at radius 2 is 1.36 bits per heavy atom. The first-order chi connectivity index (χ1) is 17.5. The minimum absolute atomic E-state index is 0.107. The minimum Gasteiger partial charge on any atom is -0.481 e. The molecule has 0 amide bonds. The summed E-state index contributed by atoms with van der Waals surface area (Å²) in [4.78, 5) is 12.5. The van der Waals surface area contributed by atoms with E-state index in [9.17, 15) is 9.90 Å². The van der Waals surface area contributed by atoms with Gasteiger partial charge in [-0.3, -0.25) is 4.79 Å². The van der Waals surface area contributed by atoms with Gasteiger partial charge in [0.25, 0.3) is 0 Å². The maximum absolute atomic E-state index is 12.5. The van der Waals surface area contributed by atoms with E-state index in [-0.39, 0.29) is 11.3 Å². The lowest BCUT2D eigenvalue weighted by Gasteiger charge is -2.32. The van der Waals surface area contributed by atoms with Crippen LogP contribution in [0.5, 0.6) is 0 Å². The highest BCUT2D eigenvalue weighted by molar-refractivity contribution is 5.72. The Kier molecular flexibility index (Phi) is 6.70. The van der Waals surface area contributed by atoms with Crippen molar-refractivity contribution in [2.75, 3.05) is 80.4 Å². The second-order valence-corrected chi connectivity index (χ2v) is 13.1. The number of piperidine rings is 3. The first-order valence-corrected chi connectivity index (χ1v) is 14.3. The molecule has 204 valence electrons. The van der Waals surface area contributed by atoms with E-state index in [4.69, 9.17) is 14.2 Å². The van der Waals surface area contributed by atoms with E-state index < -0.39 is 5.97 Å². The largest absolute Gasteiger partial charge is 0.481 e. The molecule has 0 spiro atoms. The van der Waals surface area contributed by atoms with Crippen LogP contribution in [0.25, 0.3) is 0 Å². The van der Waals surface area contributed by atoms with Crippen LogP contribution in [0.1, 0.15) is 25.7 Å². The molecule has 3 saturated heterocycles. The number of nitrogens with one attached hydrogen (secondary N) is 3. The SMILES string of the molecule is COCC1C2CNCC21CC(CCCC(C(=O)O)C12CNCC1C2COC)C12CNCC1C2COC. The number of hydrogen-bond acceptors (Lipinski definition) is 7. The second-order valence-electron chi connectivity index (χ2n) is 13.1. The van der Waals surface area contributed by atoms with Gasteiger partial charge >= 0.3 is 5.97 Å². The van der Waals surface area contributed by atoms with Crippen molar-refractivity contribution in [3.05, 3.63) is 0 Å². The molecule has 3 aliphatic heterocycles. The number of hydrogen-bond donors (Lipinski definition) is 4. The van der Waals surface area contributed by atoms with Crippen molar-refractivity contribution in [2.45, 2.75) is 25.7 Å². The van der Waals surface area contributed by atoms with Crippen LogP contribution in [0.15, 0.2) is 0 Å². The van der Waals surface area contributed by atoms with Crippen LogP contribution in [0.4, 0.5) is 0 Å². The molecule has 6 aliphatic rings. The molecule has 3 heterocycles. The van der Waals surface area contributed by atoms with E-state index in [2.05, 4.69) is 16.0 Å². The summed E-state index contributed by atoms with van der Waals surface area (Å²) < 4.78 is 16.8. The van der Waals surface area contributed by atoms with E-state index >= 15 is 0 Å². The molecule has 8 heteroatoms. The average Bonchev–Trinajstić information content (AvgIpc) is 3.55. The molecule has 6 rings (SSSR count).